The van der Waals surface area contributed by atoms with Gasteiger partial charge in [0.25, 0.3) is 0 Å². The van der Waals surface area contributed by atoms with Gasteiger partial charge in [0.2, 0.25) is 5.91 Å². The number of nitrogens with one attached hydrogen (secondary N) is 1. The van der Waals surface area contributed by atoms with E-state index in [2.05, 4.69) is 15.2 Å². The summed E-state index contributed by atoms with van der Waals surface area (Å²) in [5, 5.41) is 3.61. The number of fused-ring (bicyclic) bond motifs is 1. The van der Waals surface area contributed by atoms with Gasteiger partial charge in [-0.1, -0.05) is 12.8 Å². The lowest BCUT2D eigenvalue weighted by Gasteiger charge is -2.36. The summed E-state index contributed by atoms with van der Waals surface area (Å²) < 4.78 is 5.28. The predicted octanol–water partition coefficient (Wildman–Crippen LogP) is 1.66. The van der Waals surface area contributed by atoms with Crippen LogP contribution in [0.5, 0.6) is 5.75 Å². The number of carbonyl (C=O) groups is 1. The van der Waals surface area contributed by atoms with Crippen LogP contribution in [-0.4, -0.2) is 61.2 Å². The summed E-state index contributed by atoms with van der Waals surface area (Å²) in [6.07, 6.45) is 7.97. The molecule has 1 aromatic rings. The molecule has 4 rings (SSSR count). The maximum atomic E-state index is 12.9. The fourth-order valence-corrected chi connectivity index (χ4v) is 4.59. The van der Waals surface area contributed by atoms with E-state index < -0.39 is 0 Å². The first-order valence-corrected chi connectivity index (χ1v) is 9.54. The highest BCUT2D eigenvalue weighted by Gasteiger charge is 2.40. The minimum atomic E-state index is 0.0367. The first-order valence-electron chi connectivity index (χ1n) is 9.54. The Morgan fingerprint density at radius 3 is 2.80 bits per heavy atom. The predicted molar refractivity (Wildman–Crippen MR) is 96.9 cm³/mol. The average molecular weight is 344 g/mol. The topological polar surface area (TPSA) is 57.7 Å². The van der Waals surface area contributed by atoms with E-state index in [1.807, 2.05) is 17.0 Å². The van der Waals surface area contributed by atoms with Gasteiger partial charge in [0.05, 0.1) is 13.2 Å². The van der Waals surface area contributed by atoms with E-state index in [4.69, 9.17) is 4.74 Å². The lowest BCUT2D eigenvalue weighted by molar-refractivity contribution is -0.133. The molecule has 1 N–H and O–H groups in total. The molecule has 1 saturated carbocycles. The molecule has 1 amide bonds. The molecular formula is C19H28N4O2. The van der Waals surface area contributed by atoms with Crippen LogP contribution in [0.1, 0.15) is 32.1 Å². The first-order chi connectivity index (χ1) is 12.2. The Labute approximate surface area is 149 Å². The van der Waals surface area contributed by atoms with E-state index >= 15 is 0 Å². The van der Waals surface area contributed by atoms with Crippen molar-refractivity contribution in [1.29, 1.82) is 0 Å². The fraction of sp³-hybridized carbons (Fsp3) is 0.684. The third kappa shape index (κ3) is 3.45. The number of carbonyl (C=O) groups excluding carboxylic acids is 1. The van der Waals surface area contributed by atoms with Crippen LogP contribution in [0.25, 0.3) is 0 Å². The highest BCUT2D eigenvalue weighted by atomic mass is 16.5. The standard InChI is InChI=1S/C19H28N4O2/c1-25-15-6-7-20-18(13-15)22-8-10-23(11-9-22)19(24)17-12-14-4-2-3-5-16(14)21-17/h6-7,13-14,16-17,21H,2-5,8-12H2,1H3. The van der Waals surface area contributed by atoms with Crippen LogP contribution in [0, 0.1) is 5.92 Å². The number of rotatable bonds is 3. The molecular weight excluding hydrogens is 316 g/mol. The molecule has 0 bridgehead atoms. The minimum Gasteiger partial charge on any atom is -0.497 e. The Balaban J connectivity index is 1.33. The van der Waals surface area contributed by atoms with Crippen LogP contribution < -0.4 is 15.0 Å². The Morgan fingerprint density at radius 2 is 2.04 bits per heavy atom. The zero-order valence-electron chi connectivity index (χ0n) is 15.0. The Bertz CT molecular complexity index is 601. The highest BCUT2D eigenvalue weighted by Crippen LogP contribution is 2.33. The quantitative estimate of drug-likeness (QED) is 0.904. The third-order valence-electron chi connectivity index (χ3n) is 6.03. The number of hydrogen-bond acceptors (Lipinski definition) is 5. The van der Waals surface area contributed by atoms with Crippen molar-refractivity contribution in [3.05, 3.63) is 18.3 Å². The molecule has 3 aliphatic rings. The molecule has 3 unspecified atom stereocenters. The van der Waals surface area contributed by atoms with Gasteiger partial charge >= 0.3 is 0 Å². The third-order valence-corrected chi connectivity index (χ3v) is 6.03. The van der Waals surface area contributed by atoms with Crippen molar-refractivity contribution < 1.29 is 9.53 Å². The number of pyridine rings is 1. The van der Waals surface area contributed by atoms with E-state index in [-0.39, 0.29) is 6.04 Å². The maximum absolute atomic E-state index is 12.9. The Morgan fingerprint density at radius 1 is 1.24 bits per heavy atom. The molecule has 3 fully saturated rings. The van der Waals surface area contributed by atoms with Crippen molar-refractivity contribution in [2.45, 2.75) is 44.2 Å². The van der Waals surface area contributed by atoms with E-state index in [0.29, 0.717) is 17.9 Å². The normalized spacial score (nSPS) is 29.4. The zero-order chi connectivity index (χ0) is 17.2. The Hall–Kier alpha value is -1.82. The smallest absolute Gasteiger partial charge is 0.239 e. The van der Waals surface area contributed by atoms with Crippen LogP contribution in [0.3, 0.4) is 0 Å². The number of anilines is 1. The Kier molecular flexibility index (Phi) is 4.79. The molecule has 3 atom stereocenters. The number of amides is 1. The molecule has 2 saturated heterocycles. The summed E-state index contributed by atoms with van der Waals surface area (Å²) >= 11 is 0. The zero-order valence-corrected chi connectivity index (χ0v) is 15.0. The average Bonchev–Trinajstić information content (AvgIpc) is 3.12. The van der Waals surface area contributed by atoms with Gasteiger partial charge in [0, 0.05) is 44.5 Å². The van der Waals surface area contributed by atoms with Crippen LogP contribution in [0.4, 0.5) is 5.82 Å². The van der Waals surface area contributed by atoms with Crippen molar-refractivity contribution in [1.82, 2.24) is 15.2 Å². The van der Waals surface area contributed by atoms with Crippen molar-refractivity contribution in [3.63, 3.8) is 0 Å². The first kappa shape index (κ1) is 16.6. The van der Waals surface area contributed by atoms with Gasteiger partial charge < -0.3 is 19.9 Å². The molecule has 1 aliphatic carbocycles. The molecule has 0 radical (unpaired) electrons. The largest absolute Gasteiger partial charge is 0.497 e. The van der Waals surface area contributed by atoms with Gasteiger partial charge in [-0.3, -0.25) is 4.79 Å². The molecule has 25 heavy (non-hydrogen) atoms. The second-order valence-corrected chi connectivity index (χ2v) is 7.47. The van der Waals surface area contributed by atoms with Gasteiger partial charge in [-0.25, -0.2) is 4.98 Å². The second-order valence-electron chi connectivity index (χ2n) is 7.47. The lowest BCUT2D eigenvalue weighted by Crippen LogP contribution is -2.53. The molecule has 136 valence electrons. The van der Waals surface area contributed by atoms with Gasteiger partial charge in [-0.15, -0.1) is 0 Å². The summed E-state index contributed by atoms with van der Waals surface area (Å²) in [6.45, 7) is 3.19. The molecule has 6 heteroatoms. The van der Waals surface area contributed by atoms with E-state index in [9.17, 15) is 4.79 Å². The molecule has 0 aromatic carbocycles. The summed E-state index contributed by atoms with van der Waals surface area (Å²) in [4.78, 5) is 21.6. The maximum Gasteiger partial charge on any atom is 0.239 e. The van der Waals surface area contributed by atoms with Crippen LogP contribution in [-0.2, 0) is 4.79 Å². The summed E-state index contributed by atoms with van der Waals surface area (Å²) in [6, 6.07) is 4.43. The lowest BCUT2D eigenvalue weighted by atomic mass is 9.85. The monoisotopic (exact) mass is 344 g/mol. The van der Waals surface area contributed by atoms with Crippen LogP contribution in [0.2, 0.25) is 0 Å². The van der Waals surface area contributed by atoms with E-state index in [1.54, 1.807) is 13.3 Å². The number of piperazine rings is 1. The van der Waals surface area contributed by atoms with Gasteiger partial charge in [-0.2, -0.15) is 0 Å². The van der Waals surface area contributed by atoms with Crippen molar-refractivity contribution in [3.8, 4) is 5.75 Å². The van der Waals surface area contributed by atoms with E-state index in [0.717, 1.165) is 44.2 Å². The number of ether oxygens (including phenoxy) is 1. The minimum absolute atomic E-state index is 0.0367. The molecule has 2 aliphatic heterocycles. The number of nitrogens with zero attached hydrogens (tertiary/aromatic N) is 3. The van der Waals surface area contributed by atoms with Crippen molar-refractivity contribution >= 4 is 11.7 Å². The van der Waals surface area contributed by atoms with Gasteiger partial charge in [0.15, 0.2) is 0 Å². The number of hydrogen-bond donors (Lipinski definition) is 1. The summed E-state index contributed by atoms with van der Waals surface area (Å²) in [5.74, 6) is 2.76. The second kappa shape index (κ2) is 7.20. The van der Waals surface area contributed by atoms with Crippen LogP contribution >= 0.6 is 0 Å². The highest BCUT2D eigenvalue weighted by molar-refractivity contribution is 5.82. The fourth-order valence-electron chi connectivity index (χ4n) is 4.59. The molecule has 6 nitrogen and oxygen atoms in total. The number of methoxy groups -OCH3 is 1. The summed E-state index contributed by atoms with van der Waals surface area (Å²) in [7, 11) is 1.67. The molecule has 0 spiro atoms. The van der Waals surface area contributed by atoms with Crippen molar-refractivity contribution in [2.24, 2.45) is 5.92 Å². The molecule has 1 aromatic heterocycles. The van der Waals surface area contributed by atoms with Gasteiger partial charge in [0.1, 0.15) is 11.6 Å². The van der Waals surface area contributed by atoms with Gasteiger partial charge in [-0.05, 0) is 31.2 Å². The van der Waals surface area contributed by atoms with Crippen molar-refractivity contribution in [2.75, 3.05) is 38.2 Å². The summed E-state index contributed by atoms with van der Waals surface area (Å²) in [5.41, 5.74) is 0. The SMILES string of the molecule is COc1ccnc(N2CCN(C(=O)C3CC4CCCCC4N3)CC2)c1. The van der Waals surface area contributed by atoms with E-state index in [1.165, 1.54) is 25.7 Å². The number of aromatic nitrogens is 1. The molecule has 3 heterocycles. The van der Waals surface area contributed by atoms with Crippen LogP contribution in [0.15, 0.2) is 18.3 Å².